The molecular weight excluding hydrogens is 230 g/mol. The standard InChI is InChI=1S/C13H21N3O2/c1-10(2)13(9-15(3)4)14-11-5-7-12(8-6-11)16(17)18/h5-8,10,13-14H,9H2,1-4H3. The first-order chi connectivity index (χ1) is 8.40. The zero-order valence-corrected chi connectivity index (χ0v) is 11.4. The van der Waals surface area contributed by atoms with Gasteiger partial charge in [0.05, 0.1) is 4.92 Å². The summed E-state index contributed by atoms with van der Waals surface area (Å²) in [5.41, 5.74) is 1.04. The first-order valence-corrected chi connectivity index (χ1v) is 6.06. The van der Waals surface area contributed by atoms with Crippen molar-refractivity contribution in [3.63, 3.8) is 0 Å². The van der Waals surface area contributed by atoms with E-state index in [2.05, 4.69) is 24.1 Å². The van der Waals surface area contributed by atoms with Gasteiger partial charge in [0.1, 0.15) is 0 Å². The molecule has 1 N–H and O–H groups in total. The van der Waals surface area contributed by atoms with Gasteiger partial charge in [-0.3, -0.25) is 10.1 Å². The molecule has 1 rings (SSSR count). The van der Waals surface area contributed by atoms with Crippen LogP contribution in [0.4, 0.5) is 11.4 Å². The Balaban J connectivity index is 2.72. The summed E-state index contributed by atoms with van der Waals surface area (Å²) >= 11 is 0. The van der Waals surface area contributed by atoms with Crippen molar-refractivity contribution in [2.45, 2.75) is 19.9 Å². The Morgan fingerprint density at radius 1 is 1.28 bits per heavy atom. The van der Waals surface area contributed by atoms with E-state index in [-0.39, 0.29) is 10.6 Å². The minimum absolute atomic E-state index is 0.120. The van der Waals surface area contributed by atoms with Gasteiger partial charge in [0.15, 0.2) is 0 Å². The summed E-state index contributed by atoms with van der Waals surface area (Å²) in [6.07, 6.45) is 0. The molecule has 0 heterocycles. The maximum atomic E-state index is 10.6. The molecule has 0 aliphatic carbocycles. The van der Waals surface area contributed by atoms with Gasteiger partial charge in [-0.1, -0.05) is 13.8 Å². The Labute approximate surface area is 108 Å². The van der Waals surface area contributed by atoms with Crippen molar-refractivity contribution in [3.8, 4) is 0 Å². The van der Waals surface area contributed by atoms with E-state index in [1.807, 2.05) is 14.1 Å². The van der Waals surface area contributed by atoms with Crippen molar-refractivity contribution in [2.75, 3.05) is 26.0 Å². The zero-order valence-electron chi connectivity index (χ0n) is 11.4. The van der Waals surface area contributed by atoms with Gasteiger partial charge in [-0.15, -0.1) is 0 Å². The molecule has 1 unspecified atom stereocenters. The monoisotopic (exact) mass is 251 g/mol. The lowest BCUT2D eigenvalue weighted by molar-refractivity contribution is -0.384. The number of nitrogens with zero attached hydrogens (tertiary/aromatic N) is 2. The van der Waals surface area contributed by atoms with E-state index >= 15 is 0 Å². The molecule has 0 saturated heterocycles. The van der Waals surface area contributed by atoms with Crippen molar-refractivity contribution < 1.29 is 4.92 Å². The molecule has 0 spiro atoms. The molecular formula is C13H21N3O2. The molecule has 0 saturated carbocycles. The lowest BCUT2D eigenvalue weighted by Crippen LogP contribution is -2.36. The number of hydrogen-bond donors (Lipinski definition) is 1. The summed E-state index contributed by atoms with van der Waals surface area (Å²) in [7, 11) is 4.07. The van der Waals surface area contributed by atoms with Gasteiger partial charge in [0.2, 0.25) is 0 Å². The molecule has 0 radical (unpaired) electrons. The third-order valence-electron chi connectivity index (χ3n) is 2.80. The SMILES string of the molecule is CC(C)C(CN(C)C)Nc1ccc([N+](=O)[O-])cc1. The Hall–Kier alpha value is -1.62. The molecule has 5 heteroatoms. The predicted octanol–water partition coefficient (Wildman–Crippen LogP) is 2.59. The van der Waals surface area contributed by atoms with Crippen LogP contribution in [-0.4, -0.2) is 36.5 Å². The lowest BCUT2D eigenvalue weighted by atomic mass is 10.0. The van der Waals surface area contributed by atoms with Gasteiger partial charge < -0.3 is 10.2 Å². The molecule has 1 aromatic rings. The normalized spacial score (nSPS) is 12.8. The van der Waals surface area contributed by atoms with Gasteiger partial charge in [0.25, 0.3) is 5.69 Å². The zero-order chi connectivity index (χ0) is 13.7. The number of hydrogen-bond acceptors (Lipinski definition) is 4. The van der Waals surface area contributed by atoms with Crippen LogP contribution in [0.1, 0.15) is 13.8 Å². The Morgan fingerprint density at radius 3 is 2.22 bits per heavy atom. The highest BCUT2D eigenvalue weighted by atomic mass is 16.6. The number of anilines is 1. The van der Waals surface area contributed by atoms with Crippen LogP contribution in [0.2, 0.25) is 0 Å². The van der Waals surface area contributed by atoms with E-state index in [0.717, 1.165) is 12.2 Å². The molecule has 0 bridgehead atoms. The van der Waals surface area contributed by atoms with E-state index < -0.39 is 0 Å². The average molecular weight is 251 g/mol. The summed E-state index contributed by atoms with van der Waals surface area (Å²) in [6, 6.07) is 6.87. The maximum Gasteiger partial charge on any atom is 0.269 e. The van der Waals surface area contributed by atoms with Crippen molar-refractivity contribution >= 4 is 11.4 Å². The van der Waals surface area contributed by atoms with E-state index in [1.165, 1.54) is 12.1 Å². The number of likely N-dealkylation sites (N-methyl/N-ethyl adjacent to an activating group) is 1. The van der Waals surface area contributed by atoms with Gasteiger partial charge in [-0.2, -0.15) is 0 Å². The summed E-state index contributed by atoms with van der Waals surface area (Å²) in [5, 5.41) is 14.0. The van der Waals surface area contributed by atoms with Crippen molar-refractivity contribution in [1.82, 2.24) is 4.90 Å². The molecule has 18 heavy (non-hydrogen) atoms. The molecule has 100 valence electrons. The van der Waals surface area contributed by atoms with Gasteiger partial charge >= 0.3 is 0 Å². The highest BCUT2D eigenvalue weighted by molar-refractivity contribution is 5.49. The fourth-order valence-corrected chi connectivity index (χ4v) is 1.71. The van der Waals surface area contributed by atoms with E-state index in [0.29, 0.717) is 12.0 Å². The fraction of sp³-hybridized carbons (Fsp3) is 0.538. The second-order valence-electron chi connectivity index (χ2n) is 5.06. The summed E-state index contributed by atoms with van der Waals surface area (Å²) in [4.78, 5) is 12.3. The molecule has 0 aliphatic heterocycles. The molecule has 0 fully saturated rings. The van der Waals surface area contributed by atoms with Crippen LogP contribution < -0.4 is 5.32 Å². The third-order valence-corrected chi connectivity index (χ3v) is 2.80. The molecule has 0 aliphatic rings. The number of benzene rings is 1. The van der Waals surface area contributed by atoms with Crippen LogP contribution in [0.3, 0.4) is 0 Å². The average Bonchev–Trinajstić information content (AvgIpc) is 2.28. The van der Waals surface area contributed by atoms with Crippen LogP contribution in [0.15, 0.2) is 24.3 Å². The molecule has 1 aromatic carbocycles. The van der Waals surface area contributed by atoms with Crippen molar-refractivity contribution in [2.24, 2.45) is 5.92 Å². The maximum absolute atomic E-state index is 10.6. The quantitative estimate of drug-likeness (QED) is 0.623. The van der Waals surface area contributed by atoms with Gasteiger partial charge in [-0.05, 0) is 32.1 Å². The minimum Gasteiger partial charge on any atom is -0.381 e. The first kappa shape index (κ1) is 14.4. The number of nitro groups is 1. The van der Waals surface area contributed by atoms with Crippen LogP contribution in [0.25, 0.3) is 0 Å². The minimum atomic E-state index is -0.385. The Morgan fingerprint density at radius 2 is 1.83 bits per heavy atom. The summed E-state index contributed by atoms with van der Waals surface area (Å²) in [5.74, 6) is 0.489. The molecule has 1 atom stereocenters. The summed E-state index contributed by atoms with van der Waals surface area (Å²) in [6.45, 7) is 5.24. The topological polar surface area (TPSA) is 58.4 Å². The first-order valence-electron chi connectivity index (χ1n) is 6.06. The molecule has 0 amide bonds. The van der Waals surface area contributed by atoms with Crippen LogP contribution in [-0.2, 0) is 0 Å². The van der Waals surface area contributed by atoms with E-state index in [9.17, 15) is 10.1 Å². The van der Waals surface area contributed by atoms with Crippen LogP contribution >= 0.6 is 0 Å². The largest absolute Gasteiger partial charge is 0.381 e. The van der Waals surface area contributed by atoms with Crippen LogP contribution in [0, 0.1) is 16.0 Å². The Kier molecular flexibility index (Phi) is 5.09. The van der Waals surface area contributed by atoms with E-state index in [4.69, 9.17) is 0 Å². The smallest absolute Gasteiger partial charge is 0.269 e. The second kappa shape index (κ2) is 6.35. The third kappa shape index (κ3) is 4.33. The van der Waals surface area contributed by atoms with Crippen molar-refractivity contribution in [1.29, 1.82) is 0 Å². The van der Waals surface area contributed by atoms with Gasteiger partial charge in [-0.25, -0.2) is 0 Å². The van der Waals surface area contributed by atoms with Crippen LogP contribution in [0.5, 0.6) is 0 Å². The fourth-order valence-electron chi connectivity index (χ4n) is 1.71. The lowest BCUT2D eigenvalue weighted by Gasteiger charge is -2.26. The number of non-ortho nitro benzene ring substituents is 1. The summed E-state index contributed by atoms with van der Waals surface area (Å²) < 4.78 is 0. The highest BCUT2D eigenvalue weighted by Gasteiger charge is 2.14. The number of nitrogens with one attached hydrogen (secondary N) is 1. The predicted molar refractivity (Wildman–Crippen MR) is 73.9 cm³/mol. The highest BCUT2D eigenvalue weighted by Crippen LogP contribution is 2.18. The Bertz CT molecular complexity index is 388. The molecule has 0 aromatic heterocycles. The van der Waals surface area contributed by atoms with E-state index in [1.54, 1.807) is 12.1 Å². The van der Waals surface area contributed by atoms with Gasteiger partial charge in [0, 0.05) is 30.4 Å². The molecule has 5 nitrogen and oxygen atoms in total. The number of nitro benzene ring substituents is 1. The number of rotatable bonds is 6. The van der Waals surface area contributed by atoms with Crippen molar-refractivity contribution in [3.05, 3.63) is 34.4 Å². The second-order valence-corrected chi connectivity index (χ2v) is 5.06.